The van der Waals surface area contributed by atoms with E-state index in [1.54, 1.807) is 0 Å². The summed E-state index contributed by atoms with van der Waals surface area (Å²) in [5, 5.41) is 12.4. The zero-order valence-electron chi connectivity index (χ0n) is 18.6. The maximum Gasteiger partial charge on any atom is 0.222 e. The summed E-state index contributed by atoms with van der Waals surface area (Å²) in [5.74, 6) is 0.0549. The largest absolute Gasteiger partial charge is 0.349 e. The van der Waals surface area contributed by atoms with Gasteiger partial charge in [-0.25, -0.2) is 4.68 Å². The minimum absolute atomic E-state index is 0.0177. The molecule has 0 bridgehead atoms. The summed E-state index contributed by atoms with van der Waals surface area (Å²) in [6.07, 6.45) is 4.19. The molecule has 2 heterocycles. The van der Waals surface area contributed by atoms with Crippen molar-refractivity contribution < 1.29 is 4.79 Å². The summed E-state index contributed by atoms with van der Waals surface area (Å²) in [6, 6.07) is 10.4. The van der Waals surface area contributed by atoms with Crippen molar-refractivity contribution in [3.63, 3.8) is 0 Å². The number of aryl methyl sites for hydroxylation is 4. The molecule has 1 aliphatic carbocycles. The Hall–Kier alpha value is -2.89. The number of rotatable bonds is 5. The van der Waals surface area contributed by atoms with Crippen LogP contribution < -0.4 is 5.32 Å². The van der Waals surface area contributed by atoms with Gasteiger partial charge in [0.25, 0.3) is 0 Å². The van der Waals surface area contributed by atoms with Crippen LogP contribution in [0.2, 0.25) is 0 Å². The van der Waals surface area contributed by atoms with E-state index in [0.29, 0.717) is 13.0 Å². The Balaban J connectivity index is 1.53. The van der Waals surface area contributed by atoms with Crippen LogP contribution >= 0.6 is 0 Å². The van der Waals surface area contributed by atoms with E-state index in [1.807, 2.05) is 35.5 Å². The van der Waals surface area contributed by atoms with E-state index in [1.165, 1.54) is 11.3 Å². The fourth-order valence-electron chi connectivity index (χ4n) is 4.45. The molecule has 0 fully saturated rings. The second-order valence-electron chi connectivity index (χ2n) is 9.36. The molecule has 1 N–H and O–H groups in total. The van der Waals surface area contributed by atoms with Crippen LogP contribution in [0.15, 0.2) is 36.5 Å². The lowest BCUT2D eigenvalue weighted by molar-refractivity contribution is -0.122. The molecule has 158 valence electrons. The second kappa shape index (κ2) is 7.74. The molecule has 1 aromatic carbocycles. The highest BCUT2D eigenvalue weighted by Crippen LogP contribution is 2.41. The first kappa shape index (κ1) is 20.4. The topological polar surface area (TPSA) is 64.7 Å². The van der Waals surface area contributed by atoms with Crippen LogP contribution in [0.25, 0.3) is 5.69 Å². The Morgan fingerprint density at radius 1 is 1.20 bits per heavy atom. The van der Waals surface area contributed by atoms with Crippen LogP contribution in [-0.4, -0.2) is 25.5 Å². The molecule has 1 aliphatic rings. The van der Waals surface area contributed by atoms with E-state index in [2.05, 4.69) is 60.6 Å². The van der Waals surface area contributed by atoms with Gasteiger partial charge in [0.2, 0.25) is 5.91 Å². The maximum absolute atomic E-state index is 12.8. The molecular formula is C24H31N5O. The van der Waals surface area contributed by atoms with Gasteiger partial charge in [-0.05, 0) is 57.2 Å². The lowest BCUT2D eigenvalue weighted by Crippen LogP contribution is -2.37. The number of carbonyl (C=O) groups excluding carboxylic acids is 1. The molecule has 1 atom stereocenters. The van der Waals surface area contributed by atoms with E-state index >= 15 is 0 Å². The fourth-order valence-corrected chi connectivity index (χ4v) is 4.45. The quantitative estimate of drug-likeness (QED) is 0.691. The van der Waals surface area contributed by atoms with Crippen LogP contribution in [-0.2, 0) is 17.8 Å². The summed E-state index contributed by atoms with van der Waals surface area (Å²) in [6.45, 7) is 11.2. The number of fused-ring (bicyclic) bond motifs is 1. The molecule has 0 saturated carbocycles. The first-order valence-corrected chi connectivity index (χ1v) is 10.7. The highest BCUT2D eigenvalue weighted by atomic mass is 16.1. The zero-order chi connectivity index (χ0) is 21.5. The van der Waals surface area contributed by atoms with Gasteiger partial charge < -0.3 is 5.32 Å². The molecule has 4 rings (SSSR count). The summed E-state index contributed by atoms with van der Waals surface area (Å²) in [7, 11) is 0. The van der Waals surface area contributed by atoms with Crippen molar-refractivity contribution in [1.29, 1.82) is 0 Å². The van der Waals surface area contributed by atoms with Gasteiger partial charge in [0.05, 0.1) is 29.3 Å². The van der Waals surface area contributed by atoms with E-state index in [0.717, 1.165) is 35.5 Å². The Kier molecular flexibility index (Phi) is 5.26. The smallest absolute Gasteiger partial charge is 0.222 e. The molecule has 6 heteroatoms. The van der Waals surface area contributed by atoms with E-state index in [-0.39, 0.29) is 17.4 Å². The van der Waals surface area contributed by atoms with Crippen LogP contribution in [0.4, 0.5) is 0 Å². The SMILES string of the molecule is Cc1ccc(-n2ncc3c2CC(C)(C)CC3NC(=O)CCn2nc(C)cc2C)cc1. The van der Waals surface area contributed by atoms with Gasteiger partial charge in [-0.1, -0.05) is 31.5 Å². The molecular weight excluding hydrogens is 374 g/mol. The first-order chi connectivity index (χ1) is 14.2. The number of nitrogens with one attached hydrogen (secondary N) is 1. The van der Waals surface area contributed by atoms with Gasteiger partial charge in [-0.15, -0.1) is 0 Å². The molecule has 0 radical (unpaired) electrons. The van der Waals surface area contributed by atoms with Gasteiger partial charge in [-0.3, -0.25) is 9.48 Å². The minimum atomic E-state index is -0.0177. The van der Waals surface area contributed by atoms with E-state index in [4.69, 9.17) is 0 Å². The van der Waals surface area contributed by atoms with Crippen LogP contribution in [0.1, 0.15) is 60.9 Å². The number of amides is 1. The minimum Gasteiger partial charge on any atom is -0.349 e. The molecule has 0 spiro atoms. The van der Waals surface area contributed by atoms with Gasteiger partial charge in [0, 0.05) is 24.2 Å². The van der Waals surface area contributed by atoms with Crippen molar-refractivity contribution in [3.8, 4) is 5.69 Å². The molecule has 1 amide bonds. The predicted octanol–water partition coefficient (Wildman–Crippen LogP) is 4.21. The predicted molar refractivity (Wildman–Crippen MR) is 118 cm³/mol. The van der Waals surface area contributed by atoms with Crippen molar-refractivity contribution in [2.24, 2.45) is 5.41 Å². The molecule has 1 unspecified atom stereocenters. The molecule has 0 saturated heterocycles. The Bertz CT molecular complexity index is 1060. The normalized spacial score (nSPS) is 17.6. The number of nitrogens with zero attached hydrogens (tertiary/aromatic N) is 4. The highest BCUT2D eigenvalue weighted by molar-refractivity contribution is 5.76. The zero-order valence-corrected chi connectivity index (χ0v) is 18.6. The highest BCUT2D eigenvalue weighted by Gasteiger charge is 2.36. The standard InChI is InChI=1S/C24H31N5O/c1-16-6-8-19(9-7-16)29-22-14-24(4,5)13-21(20(22)15-25-29)26-23(30)10-11-28-18(3)12-17(2)27-28/h6-9,12,15,21H,10-11,13-14H2,1-5H3,(H,26,30). The average molecular weight is 406 g/mol. The monoisotopic (exact) mass is 405 g/mol. The first-order valence-electron chi connectivity index (χ1n) is 10.7. The fraction of sp³-hybridized carbons (Fsp3) is 0.458. The molecule has 30 heavy (non-hydrogen) atoms. The average Bonchev–Trinajstić information content (AvgIpc) is 3.22. The lowest BCUT2D eigenvalue weighted by atomic mass is 9.74. The van der Waals surface area contributed by atoms with Crippen LogP contribution in [0.5, 0.6) is 0 Å². The summed E-state index contributed by atoms with van der Waals surface area (Å²) >= 11 is 0. The Labute approximate surface area is 178 Å². The summed E-state index contributed by atoms with van der Waals surface area (Å²) < 4.78 is 3.94. The van der Waals surface area contributed by atoms with Gasteiger partial charge in [0.15, 0.2) is 0 Å². The third-order valence-corrected chi connectivity index (χ3v) is 5.95. The third kappa shape index (κ3) is 4.18. The lowest BCUT2D eigenvalue weighted by Gasteiger charge is -2.36. The Morgan fingerprint density at radius 3 is 2.60 bits per heavy atom. The number of aromatic nitrogens is 4. The van der Waals surface area contributed by atoms with E-state index < -0.39 is 0 Å². The second-order valence-corrected chi connectivity index (χ2v) is 9.36. The number of hydrogen-bond acceptors (Lipinski definition) is 3. The van der Waals surface area contributed by atoms with Gasteiger partial charge in [-0.2, -0.15) is 10.2 Å². The maximum atomic E-state index is 12.8. The van der Waals surface area contributed by atoms with Gasteiger partial charge in [0.1, 0.15) is 0 Å². The number of benzene rings is 1. The number of hydrogen-bond donors (Lipinski definition) is 1. The van der Waals surface area contributed by atoms with Crippen LogP contribution in [0, 0.1) is 26.2 Å². The third-order valence-electron chi connectivity index (χ3n) is 5.95. The van der Waals surface area contributed by atoms with Crippen molar-refractivity contribution in [2.75, 3.05) is 0 Å². The van der Waals surface area contributed by atoms with Crippen molar-refractivity contribution in [1.82, 2.24) is 24.9 Å². The van der Waals surface area contributed by atoms with Crippen molar-refractivity contribution >= 4 is 5.91 Å². The van der Waals surface area contributed by atoms with Crippen molar-refractivity contribution in [3.05, 3.63) is 64.7 Å². The van der Waals surface area contributed by atoms with Crippen molar-refractivity contribution in [2.45, 2.75) is 66.5 Å². The van der Waals surface area contributed by atoms with E-state index in [9.17, 15) is 4.79 Å². The summed E-state index contributed by atoms with van der Waals surface area (Å²) in [4.78, 5) is 12.8. The molecule has 2 aromatic heterocycles. The molecule has 6 nitrogen and oxygen atoms in total. The molecule has 0 aliphatic heterocycles. The number of carbonyl (C=O) groups is 1. The molecule has 3 aromatic rings. The van der Waals surface area contributed by atoms with Crippen LogP contribution in [0.3, 0.4) is 0 Å². The Morgan fingerprint density at radius 2 is 1.93 bits per heavy atom. The summed E-state index contributed by atoms with van der Waals surface area (Å²) in [5.41, 5.74) is 6.77. The van der Waals surface area contributed by atoms with Gasteiger partial charge >= 0.3 is 0 Å².